The minimum atomic E-state index is -0.245. The standard InChI is InChI=1S/C21H19N7O2/c1-27-17-19(25-21(27)22)23-10-28(20(17)29)9-15-24-18(26-30-15)16-13-7-12(8-14(13)16)11-5-3-2-4-6-11/h2-7,10,13-14,16H,8-9H2,1H3,(H2,22,25)/t13?,14-,16?/m1/s1. The summed E-state index contributed by atoms with van der Waals surface area (Å²) in [4.78, 5) is 25.6. The van der Waals surface area contributed by atoms with Crippen molar-refractivity contribution < 1.29 is 4.52 Å². The molecule has 9 nitrogen and oxygen atoms in total. The lowest BCUT2D eigenvalue weighted by molar-refractivity contribution is 0.364. The first-order valence-electron chi connectivity index (χ1n) is 9.86. The molecule has 1 fully saturated rings. The van der Waals surface area contributed by atoms with Crippen molar-refractivity contribution in [2.75, 3.05) is 5.73 Å². The Balaban J connectivity index is 1.22. The molecule has 0 aliphatic heterocycles. The highest BCUT2D eigenvalue weighted by Crippen LogP contribution is 2.62. The van der Waals surface area contributed by atoms with E-state index in [2.05, 4.69) is 50.5 Å². The van der Waals surface area contributed by atoms with E-state index in [0.717, 1.165) is 12.2 Å². The van der Waals surface area contributed by atoms with E-state index in [-0.39, 0.29) is 18.1 Å². The number of nitrogen functional groups attached to an aromatic ring is 1. The number of anilines is 1. The zero-order valence-electron chi connectivity index (χ0n) is 16.3. The minimum absolute atomic E-state index is 0.160. The summed E-state index contributed by atoms with van der Waals surface area (Å²) < 4.78 is 8.40. The number of nitrogens with two attached hydrogens (primary N) is 1. The van der Waals surface area contributed by atoms with Crippen molar-refractivity contribution in [2.45, 2.75) is 18.9 Å². The number of rotatable bonds is 4. The highest BCUT2D eigenvalue weighted by molar-refractivity contribution is 5.72. The van der Waals surface area contributed by atoms with Crippen LogP contribution in [0.5, 0.6) is 0 Å². The topological polar surface area (TPSA) is 118 Å². The van der Waals surface area contributed by atoms with Crippen LogP contribution in [-0.4, -0.2) is 29.2 Å². The van der Waals surface area contributed by atoms with Gasteiger partial charge in [-0.05, 0) is 29.4 Å². The molecule has 0 saturated heterocycles. The lowest BCUT2D eigenvalue weighted by Crippen LogP contribution is -2.22. The quantitative estimate of drug-likeness (QED) is 0.555. The molecule has 30 heavy (non-hydrogen) atoms. The van der Waals surface area contributed by atoms with Gasteiger partial charge in [-0.2, -0.15) is 9.97 Å². The van der Waals surface area contributed by atoms with E-state index in [1.54, 1.807) is 7.05 Å². The summed E-state index contributed by atoms with van der Waals surface area (Å²) in [5.41, 5.74) is 8.89. The van der Waals surface area contributed by atoms with Crippen LogP contribution in [0.15, 0.2) is 52.1 Å². The number of allylic oxidation sites excluding steroid dienone is 2. The van der Waals surface area contributed by atoms with Crippen LogP contribution in [0, 0.1) is 11.8 Å². The monoisotopic (exact) mass is 401 g/mol. The fourth-order valence-electron chi connectivity index (χ4n) is 4.54. The van der Waals surface area contributed by atoms with Crippen LogP contribution in [0.1, 0.15) is 29.6 Å². The molecule has 0 bridgehead atoms. The van der Waals surface area contributed by atoms with Crippen LogP contribution >= 0.6 is 0 Å². The fourth-order valence-corrected chi connectivity index (χ4v) is 4.54. The van der Waals surface area contributed by atoms with Crippen LogP contribution in [0.25, 0.3) is 16.7 Å². The molecule has 1 saturated carbocycles. The van der Waals surface area contributed by atoms with Gasteiger partial charge < -0.3 is 14.8 Å². The molecule has 2 aliphatic rings. The van der Waals surface area contributed by atoms with E-state index >= 15 is 0 Å². The Bertz CT molecular complexity index is 1370. The first kappa shape index (κ1) is 17.1. The third kappa shape index (κ3) is 2.51. The van der Waals surface area contributed by atoms with Crippen molar-refractivity contribution in [3.63, 3.8) is 0 Å². The number of fused-ring (bicyclic) bond motifs is 2. The van der Waals surface area contributed by atoms with Gasteiger partial charge >= 0.3 is 0 Å². The number of benzene rings is 1. The maximum Gasteiger partial charge on any atom is 0.280 e. The van der Waals surface area contributed by atoms with Gasteiger partial charge in [0, 0.05) is 13.0 Å². The number of nitrogens with zero attached hydrogens (tertiary/aromatic N) is 6. The highest BCUT2D eigenvalue weighted by atomic mass is 16.5. The van der Waals surface area contributed by atoms with Gasteiger partial charge in [-0.1, -0.05) is 41.6 Å². The minimum Gasteiger partial charge on any atom is -0.369 e. The van der Waals surface area contributed by atoms with Crippen LogP contribution in [0.3, 0.4) is 0 Å². The Morgan fingerprint density at radius 1 is 1.23 bits per heavy atom. The Hall–Kier alpha value is -3.75. The molecule has 3 heterocycles. The van der Waals surface area contributed by atoms with Crippen molar-refractivity contribution in [1.29, 1.82) is 0 Å². The Labute approximate surface area is 170 Å². The molecule has 2 N–H and O–H groups in total. The highest BCUT2D eigenvalue weighted by Gasteiger charge is 2.55. The summed E-state index contributed by atoms with van der Waals surface area (Å²) in [5, 5.41) is 4.18. The van der Waals surface area contributed by atoms with Gasteiger partial charge in [0.05, 0.1) is 0 Å². The third-order valence-electron chi connectivity index (χ3n) is 6.20. The fraction of sp³-hybridized carbons (Fsp3) is 0.286. The molecule has 3 aromatic heterocycles. The molecule has 9 heteroatoms. The van der Waals surface area contributed by atoms with Crippen LogP contribution in [0.2, 0.25) is 0 Å². The summed E-state index contributed by atoms with van der Waals surface area (Å²) in [6, 6.07) is 10.5. The second kappa shape index (κ2) is 6.12. The van der Waals surface area contributed by atoms with Crippen LogP contribution in [-0.2, 0) is 13.6 Å². The van der Waals surface area contributed by atoms with E-state index in [1.165, 1.54) is 26.6 Å². The maximum absolute atomic E-state index is 12.8. The molecule has 0 spiro atoms. The van der Waals surface area contributed by atoms with E-state index in [4.69, 9.17) is 10.3 Å². The zero-order chi connectivity index (χ0) is 20.4. The first-order chi connectivity index (χ1) is 14.6. The van der Waals surface area contributed by atoms with Crippen molar-refractivity contribution in [3.8, 4) is 0 Å². The Morgan fingerprint density at radius 2 is 2.07 bits per heavy atom. The van der Waals surface area contributed by atoms with Gasteiger partial charge in [-0.3, -0.25) is 9.36 Å². The number of aromatic nitrogens is 6. The summed E-state index contributed by atoms with van der Waals surface area (Å²) in [6.07, 6.45) is 4.81. The second-order valence-electron chi connectivity index (χ2n) is 7.95. The molecule has 0 radical (unpaired) electrons. The van der Waals surface area contributed by atoms with E-state index in [9.17, 15) is 4.79 Å². The summed E-state index contributed by atoms with van der Waals surface area (Å²) in [7, 11) is 1.69. The second-order valence-corrected chi connectivity index (χ2v) is 7.95. The van der Waals surface area contributed by atoms with Crippen molar-refractivity contribution in [3.05, 3.63) is 70.4 Å². The van der Waals surface area contributed by atoms with Gasteiger partial charge in [0.1, 0.15) is 12.9 Å². The van der Waals surface area contributed by atoms with E-state index in [0.29, 0.717) is 34.8 Å². The normalized spacial score (nSPS) is 22.3. The van der Waals surface area contributed by atoms with E-state index < -0.39 is 0 Å². The molecule has 3 atom stereocenters. The van der Waals surface area contributed by atoms with Crippen molar-refractivity contribution in [1.82, 2.24) is 29.2 Å². The zero-order valence-corrected chi connectivity index (χ0v) is 16.3. The third-order valence-corrected chi connectivity index (χ3v) is 6.20. The van der Waals surface area contributed by atoms with Crippen molar-refractivity contribution in [2.24, 2.45) is 18.9 Å². The van der Waals surface area contributed by atoms with Gasteiger partial charge in [-0.25, -0.2) is 4.98 Å². The molecule has 150 valence electrons. The number of hydrogen-bond donors (Lipinski definition) is 1. The van der Waals surface area contributed by atoms with Crippen molar-refractivity contribution >= 4 is 22.7 Å². The molecular formula is C21H19N7O2. The Morgan fingerprint density at radius 3 is 2.83 bits per heavy atom. The lowest BCUT2D eigenvalue weighted by Gasteiger charge is -2.04. The predicted molar refractivity (Wildman–Crippen MR) is 109 cm³/mol. The average molecular weight is 401 g/mol. The Kier molecular flexibility index (Phi) is 3.50. The summed E-state index contributed by atoms with van der Waals surface area (Å²) >= 11 is 0. The lowest BCUT2D eigenvalue weighted by atomic mass is 10.0. The van der Waals surface area contributed by atoms with Gasteiger partial charge in [0.2, 0.25) is 11.8 Å². The molecule has 0 amide bonds. The largest absolute Gasteiger partial charge is 0.369 e. The predicted octanol–water partition coefficient (Wildman–Crippen LogP) is 1.96. The molecule has 2 aliphatic carbocycles. The molecule has 6 rings (SSSR count). The number of hydrogen-bond acceptors (Lipinski definition) is 7. The van der Waals surface area contributed by atoms with Gasteiger partial charge in [-0.15, -0.1) is 0 Å². The molecular weight excluding hydrogens is 382 g/mol. The smallest absolute Gasteiger partial charge is 0.280 e. The first-order valence-corrected chi connectivity index (χ1v) is 9.86. The number of imidazole rings is 1. The SMILES string of the molecule is Cn1c(N)nc2ncn(Cc3nc(C4C5C=C(c6ccccc6)C[C@H]54)no3)c(=O)c21. The molecule has 1 aromatic carbocycles. The van der Waals surface area contributed by atoms with Gasteiger partial charge in [0.25, 0.3) is 5.56 Å². The molecule has 4 aromatic rings. The number of aryl methyl sites for hydroxylation is 1. The summed E-state index contributed by atoms with van der Waals surface area (Å²) in [6.45, 7) is 0.160. The van der Waals surface area contributed by atoms with Crippen LogP contribution < -0.4 is 11.3 Å². The summed E-state index contributed by atoms with van der Waals surface area (Å²) in [5.74, 6) is 2.64. The van der Waals surface area contributed by atoms with Crippen LogP contribution in [0.4, 0.5) is 5.95 Å². The molecule has 2 unspecified atom stereocenters. The van der Waals surface area contributed by atoms with Gasteiger partial charge in [0.15, 0.2) is 17.0 Å². The van der Waals surface area contributed by atoms with E-state index in [1.807, 2.05) is 6.07 Å². The average Bonchev–Trinajstić information content (AvgIpc) is 3.13. The maximum atomic E-state index is 12.8.